The number of carbonyl (C=O) groups excluding carboxylic acids is 2. The zero-order valence-electron chi connectivity index (χ0n) is 16.6. The zero-order chi connectivity index (χ0) is 21.5. The lowest BCUT2D eigenvalue weighted by atomic mass is 9.90. The molecule has 3 aromatic carbocycles. The van der Waals surface area contributed by atoms with Crippen LogP contribution >= 0.6 is 15.9 Å². The first-order valence-electron chi connectivity index (χ1n) is 9.87. The molecule has 7 heteroatoms. The molecule has 3 aromatic rings. The lowest BCUT2D eigenvalue weighted by Gasteiger charge is -2.29. The quantitative estimate of drug-likeness (QED) is 0.516. The summed E-state index contributed by atoms with van der Waals surface area (Å²) in [6, 6.07) is 23.7. The Morgan fingerprint density at radius 2 is 1.61 bits per heavy atom. The lowest BCUT2D eigenvalue weighted by molar-refractivity contribution is -0.126. The van der Waals surface area contributed by atoms with E-state index in [2.05, 4.69) is 15.9 Å². The third-order valence-electron chi connectivity index (χ3n) is 5.63. The molecule has 2 aliphatic rings. The second-order valence-corrected chi connectivity index (χ2v) is 8.34. The lowest BCUT2D eigenvalue weighted by Crippen LogP contribution is -2.37. The molecule has 0 aliphatic carbocycles. The van der Waals surface area contributed by atoms with Crippen molar-refractivity contribution in [2.45, 2.75) is 12.1 Å². The summed E-state index contributed by atoms with van der Waals surface area (Å²) < 4.78 is 6.16. The molecule has 2 heterocycles. The van der Waals surface area contributed by atoms with E-state index in [4.69, 9.17) is 9.57 Å². The molecule has 5 rings (SSSR count). The van der Waals surface area contributed by atoms with Gasteiger partial charge in [0.1, 0.15) is 11.7 Å². The van der Waals surface area contributed by atoms with Crippen LogP contribution in [0.2, 0.25) is 0 Å². The number of benzene rings is 3. The summed E-state index contributed by atoms with van der Waals surface area (Å²) in [7, 11) is 1.55. The molecule has 0 saturated carbocycles. The van der Waals surface area contributed by atoms with Crippen LogP contribution in [-0.2, 0) is 14.4 Å². The number of anilines is 2. The van der Waals surface area contributed by atoms with Crippen molar-refractivity contribution >= 4 is 39.1 Å². The molecule has 0 aromatic heterocycles. The van der Waals surface area contributed by atoms with Crippen molar-refractivity contribution in [1.82, 2.24) is 0 Å². The summed E-state index contributed by atoms with van der Waals surface area (Å²) in [5.41, 5.74) is 2.15. The molecule has 6 nitrogen and oxygen atoms in total. The number of rotatable bonds is 4. The van der Waals surface area contributed by atoms with E-state index >= 15 is 0 Å². The van der Waals surface area contributed by atoms with Crippen molar-refractivity contribution in [3.8, 4) is 5.75 Å². The van der Waals surface area contributed by atoms with Gasteiger partial charge in [0.05, 0.1) is 24.5 Å². The molecule has 2 aliphatic heterocycles. The highest BCUT2D eigenvalue weighted by Gasteiger charge is 2.60. The Hall–Kier alpha value is -3.16. The van der Waals surface area contributed by atoms with Crippen molar-refractivity contribution in [1.29, 1.82) is 0 Å². The van der Waals surface area contributed by atoms with Gasteiger partial charge in [-0.3, -0.25) is 14.4 Å². The first-order valence-corrected chi connectivity index (χ1v) is 10.7. The molecule has 2 fully saturated rings. The number of fused-ring (bicyclic) bond motifs is 1. The van der Waals surface area contributed by atoms with E-state index in [0.29, 0.717) is 11.4 Å². The highest BCUT2D eigenvalue weighted by atomic mass is 79.9. The van der Waals surface area contributed by atoms with E-state index in [1.807, 2.05) is 54.6 Å². The maximum atomic E-state index is 13.6. The molecular formula is C24H19BrN2O4. The van der Waals surface area contributed by atoms with Gasteiger partial charge in [0.2, 0.25) is 5.91 Å². The number of hydroxylamine groups is 1. The predicted molar refractivity (Wildman–Crippen MR) is 120 cm³/mol. The number of carbonyl (C=O) groups is 2. The van der Waals surface area contributed by atoms with Crippen LogP contribution in [0.4, 0.5) is 11.4 Å². The number of halogens is 1. The van der Waals surface area contributed by atoms with Gasteiger partial charge in [-0.25, -0.2) is 9.96 Å². The first-order chi connectivity index (χ1) is 15.1. The Labute approximate surface area is 188 Å². The van der Waals surface area contributed by atoms with Crippen LogP contribution in [0, 0.1) is 5.92 Å². The third-order valence-corrected chi connectivity index (χ3v) is 6.12. The molecule has 31 heavy (non-hydrogen) atoms. The van der Waals surface area contributed by atoms with Gasteiger partial charge in [0.15, 0.2) is 6.10 Å². The first kappa shape index (κ1) is 19.8. The van der Waals surface area contributed by atoms with Crippen molar-refractivity contribution in [2.75, 3.05) is 17.1 Å². The topological polar surface area (TPSA) is 59.1 Å². The fraction of sp³-hybridized carbons (Fsp3) is 0.167. The van der Waals surface area contributed by atoms with Gasteiger partial charge >= 0.3 is 0 Å². The van der Waals surface area contributed by atoms with Crippen molar-refractivity contribution < 1.29 is 19.2 Å². The van der Waals surface area contributed by atoms with E-state index in [1.165, 1.54) is 4.90 Å². The summed E-state index contributed by atoms with van der Waals surface area (Å²) in [6.07, 6.45) is -0.900. The van der Waals surface area contributed by atoms with Gasteiger partial charge in [0, 0.05) is 10.5 Å². The van der Waals surface area contributed by atoms with E-state index in [-0.39, 0.29) is 11.8 Å². The molecule has 156 valence electrons. The summed E-state index contributed by atoms with van der Waals surface area (Å²) in [4.78, 5) is 34.3. The monoisotopic (exact) mass is 478 g/mol. The van der Waals surface area contributed by atoms with Gasteiger partial charge in [-0.1, -0.05) is 52.3 Å². The van der Waals surface area contributed by atoms with Crippen LogP contribution in [0.1, 0.15) is 11.6 Å². The number of amides is 2. The molecule has 2 saturated heterocycles. The van der Waals surface area contributed by atoms with Crippen LogP contribution in [0.3, 0.4) is 0 Å². The molecule has 0 bridgehead atoms. The summed E-state index contributed by atoms with van der Waals surface area (Å²) in [5, 5.41) is 1.69. The van der Waals surface area contributed by atoms with Gasteiger partial charge in [-0.2, -0.15) is 0 Å². The Bertz CT molecular complexity index is 1150. The number of hydrogen-bond acceptors (Lipinski definition) is 5. The molecule has 0 radical (unpaired) electrons. The minimum atomic E-state index is -0.900. The van der Waals surface area contributed by atoms with E-state index in [9.17, 15) is 9.59 Å². The van der Waals surface area contributed by atoms with Crippen molar-refractivity contribution in [3.63, 3.8) is 0 Å². The molecule has 0 spiro atoms. The highest BCUT2D eigenvalue weighted by Crippen LogP contribution is 2.48. The molecule has 3 atom stereocenters. The number of para-hydroxylation sites is 1. The SMILES string of the molecule is COc1cccc(N2C(=O)[C@H]3[C@@H](ON(c4ccccc4)[C@H]3c3cccc(Br)c3)C2=O)c1. The number of methoxy groups -OCH3 is 1. The molecular weight excluding hydrogens is 460 g/mol. The van der Waals surface area contributed by atoms with Gasteiger partial charge in [-0.15, -0.1) is 0 Å². The molecule has 0 N–H and O–H groups in total. The van der Waals surface area contributed by atoms with E-state index < -0.39 is 18.1 Å². The molecule has 0 unspecified atom stereocenters. The Morgan fingerprint density at radius 1 is 0.871 bits per heavy atom. The van der Waals surface area contributed by atoms with Gasteiger partial charge in [-0.05, 0) is 42.0 Å². The highest BCUT2D eigenvalue weighted by molar-refractivity contribution is 9.10. The standard InChI is InChI=1S/C24H19BrN2O4/c1-30-19-12-6-11-18(14-19)26-23(28)20-21(15-7-5-8-16(25)13-15)27(31-22(20)24(26)29)17-9-3-2-4-10-17/h2-14,20-22H,1H3/t20-,21+,22-/m1/s1. The predicted octanol–water partition coefficient (Wildman–Crippen LogP) is 4.51. The maximum Gasteiger partial charge on any atom is 0.266 e. The Morgan fingerprint density at radius 3 is 2.35 bits per heavy atom. The summed E-state index contributed by atoms with van der Waals surface area (Å²) in [5.74, 6) is -0.757. The van der Waals surface area contributed by atoms with Crippen LogP contribution in [0.5, 0.6) is 5.75 Å². The van der Waals surface area contributed by atoms with Gasteiger partial charge < -0.3 is 4.74 Å². The second kappa shape index (κ2) is 7.83. The number of hydrogen-bond donors (Lipinski definition) is 0. The van der Waals surface area contributed by atoms with Gasteiger partial charge in [0.25, 0.3) is 5.91 Å². The van der Waals surface area contributed by atoms with E-state index in [0.717, 1.165) is 15.7 Å². The Balaban J connectivity index is 1.58. The maximum absolute atomic E-state index is 13.6. The van der Waals surface area contributed by atoms with Crippen LogP contribution in [0.25, 0.3) is 0 Å². The average Bonchev–Trinajstić information content (AvgIpc) is 3.30. The number of nitrogens with zero attached hydrogens (tertiary/aromatic N) is 2. The Kier molecular flexibility index (Phi) is 5.00. The third kappa shape index (κ3) is 3.30. The molecule has 2 amide bonds. The van der Waals surface area contributed by atoms with E-state index in [1.54, 1.807) is 36.4 Å². The average molecular weight is 479 g/mol. The largest absolute Gasteiger partial charge is 0.497 e. The number of imide groups is 1. The van der Waals surface area contributed by atoms with Crippen LogP contribution in [0.15, 0.2) is 83.3 Å². The van der Waals surface area contributed by atoms with Crippen LogP contribution in [-0.4, -0.2) is 25.0 Å². The minimum Gasteiger partial charge on any atom is -0.497 e. The summed E-state index contributed by atoms with van der Waals surface area (Å²) >= 11 is 3.51. The van der Waals surface area contributed by atoms with Crippen LogP contribution < -0.4 is 14.7 Å². The summed E-state index contributed by atoms with van der Waals surface area (Å²) in [6.45, 7) is 0. The minimum absolute atomic E-state index is 0.286. The van der Waals surface area contributed by atoms with Crippen molar-refractivity contribution in [2.24, 2.45) is 5.92 Å². The smallest absolute Gasteiger partial charge is 0.266 e. The fourth-order valence-electron chi connectivity index (χ4n) is 4.25. The zero-order valence-corrected chi connectivity index (χ0v) is 18.2. The second-order valence-electron chi connectivity index (χ2n) is 7.43. The number of ether oxygens (including phenoxy) is 1. The fourth-order valence-corrected chi connectivity index (χ4v) is 4.66. The van der Waals surface area contributed by atoms with Crippen molar-refractivity contribution in [3.05, 3.63) is 88.9 Å². The normalized spacial score (nSPS) is 22.7.